The summed E-state index contributed by atoms with van der Waals surface area (Å²) in [6.45, 7) is 14.7. The molecule has 0 bridgehead atoms. The van der Waals surface area contributed by atoms with Gasteiger partial charge in [-0.3, -0.25) is 0 Å². The van der Waals surface area contributed by atoms with Crippen LogP contribution in [0.25, 0.3) is 0 Å². The van der Waals surface area contributed by atoms with Crippen LogP contribution in [0.4, 0.5) is 0 Å². The predicted octanol–water partition coefficient (Wildman–Crippen LogP) is 2.06. The lowest BCUT2D eigenvalue weighted by Crippen LogP contribution is -2.43. The maximum absolute atomic E-state index is 5.15. The minimum atomic E-state index is 0.883. The van der Waals surface area contributed by atoms with Crippen LogP contribution in [0.2, 0.25) is 0 Å². The largest absolute Gasteiger partial charge is 0.383 e. The average Bonchev–Trinajstić information content (AvgIpc) is 2.57. The third-order valence-corrected chi connectivity index (χ3v) is 4.62. The summed E-state index contributed by atoms with van der Waals surface area (Å²) in [5.41, 5.74) is 0. The van der Waals surface area contributed by atoms with Crippen LogP contribution in [0.1, 0.15) is 39.5 Å². The van der Waals surface area contributed by atoms with Gasteiger partial charge in [0.2, 0.25) is 0 Å². The number of methoxy groups -OCH3 is 1. The average molecular weight is 300 g/mol. The van der Waals surface area contributed by atoms with E-state index in [4.69, 9.17) is 4.74 Å². The Kier molecular flexibility index (Phi) is 11.1. The van der Waals surface area contributed by atoms with Crippen LogP contribution in [0.5, 0.6) is 0 Å². The van der Waals surface area contributed by atoms with Gasteiger partial charge in [0, 0.05) is 39.8 Å². The number of nitrogens with zero attached hydrogens (tertiary/aromatic N) is 2. The van der Waals surface area contributed by atoms with Crippen LogP contribution < -0.4 is 5.32 Å². The molecule has 0 amide bonds. The fraction of sp³-hybridized carbons (Fsp3) is 1.00. The van der Waals surface area contributed by atoms with Crippen LogP contribution >= 0.6 is 0 Å². The minimum absolute atomic E-state index is 0.883. The summed E-state index contributed by atoms with van der Waals surface area (Å²) in [6.07, 6.45) is 5.61. The Balaban J connectivity index is 0.00000106. The number of hydrogen-bond donors (Lipinski definition) is 1. The van der Waals surface area contributed by atoms with Gasteiger partial charge in [0.25, 0.3) is 0 Å². The Labute approximate surface area is 132 Å². The van der Waals surface area contributed by atoms with Gasteiger partial charge in [-0.2, -0.15) is 0 Å². The second-order valence-electron chi connectivity index (χ2n) is 6.01. The smallest absolute Gasteiger partial charge is 0.0589 e. The molecule has 4 heteroatoms. The van der Waals surface area contributed by atoms with E-state index in [1.807, 2.05) is 13.8 Å². The summed E-state index contributed by atoms with van der Waals surface area (Å²) >= 11 is 0. The summed E-state index contributed by atoms with van der Waals surface area (Å²) in [4.78, 5) is 5.17. The van der Waals surface area contributed by atoms with E-state index in [1.165, 1.54) is 71.5 Å². The number of likely N-dealkylation sites (tertiary alicyclic amines) is 1. The molecule has 0 spiro atoms. The SMILES string of the molecule is CC.COCCN1CCC(CCCN2CCNCC2)CC1. The molecule has 0 aliphatic carbocycles. The lowest BCUT2D eigenvalue weighted by atomic mass is 9.92. The van der Waals surface area contributed by atoms with Gasteiger partial charge in [-0.15, -0.1) is 0 Å². The number of rotatable bonds is 7. The van der Waals surface area contributed by atoms with E-state index >= 15 is 0 Å². The Morgan fingerprint density at radius 1 is 0.952 bits per heavy atom. The lowest BCUT2D eigenvalue weighted by Gasteiger charge is -2.32. The highest BCUT2D eigenvalue weighted by Gasteiger charge is 2.19. The number of piperidine rings is 1. The molecule has 0 aromatic carbocycles. The molecule has 2 aliphatic heterocycles. The molecule has 2 aliphatic rings. The predicted molar refractivity (Wildman–Crippen MR) is 90.9 cm³/mol. The van der Waals surface area contributed by atoms with E-state index in [0.29, 0.717) is 0 Å². The number of ether oxygens (including phenoxy) is 1. The van der Waals surface area contributed by atoms with Gasteiger partial charge in [0.1, 0.15) is 0 Å². The van der Waals surface area contributed by atoms with Crippen molar-refractivity contribution in [3.05, 3.63) is 0 Å². The molecule has 0 atom stereocenters. The van der Waals surface area contributed by atoms with Crippen molar-refractivity contribution < 1.29 is 4.74 Å². The molecule has 21 heavy (non-hydrogen) atoms. The molecule has 0 aromatic rings. The molecule has 0 saturated carbocycles. The molecule has 0 unspecified atom stereocenters. The molecule has 0 aromatic heterocycles. The Bertz CT molecular complexity index is 224. The summed E-state index contributed by atoms with van der Waals surface area (Å²) in [6, 6.07) is 0. The van der Waals surface area contributed by atoms with E-state index in [-0.39, 0.29) is 0 Å². The third kappa shape index (κ3) is 8.15. The molecule has 2 saturated heterocycles. The van der Waals surface area contributed by atoms with E-state index in [1.54, 1.807) is 7.11 Å². The van der Waals surface area contributed by atoms with Crippen LogP contribution in [0, 0.1) is 5.92 Å². The first-order chi connectivity index (χ1) is 10.4. The van der Waals surface area contributed by atoms with Gasteiger partial charge in [-0.25, -0.2) is 0 Å². The minimum Gasteiger partial charge on any atom is -0.383 e. The van der Waals surface area contributed by atoms with Crippen LogP contribution in [0.3, 0.4) is 0 Å². The van der Waals surface area contributed by atoms with E-state index < -0.39 is 0 Å². The highest BCUT2D eigenvalue weighted by Crippen LogP contribution is 2.21. The highest BCUT2D eigenvalue weighted by atomic mass is 16.5. The number of hydrogen-bond acceptors (Lipinski definition) is 4. The third-order valence-electron chi connectivity index (χ3n) is 4.62. The quantitative estimate of drug-likeness (QED) is 0.779. The second kappa shape index (κ2) is 12.4. The van der Waals surface area contributed by atoms with Gasteiger partial charge in [-0.1, -0.05) is 13.8 Å². The molecular formula is C17H37N3O. The molecular weight excluding hydrogens is 262 g/mol. The van der Waals surface area contributed by atoms with Crippen molar-refractivity contribution in [2.75, 3.05) is 66.1 Å². The molecule has 0 radical (unpaired) electrons. The molecule has 1 N–H and O–H groups in total. The molecule has 2 fully saturated rings. The summed E-state index contributed by atoms with van der Waals surface area (Å²) < 4.78 is 5.15. The monoisotopic (exact) mass is 299 g/mol. The zero-order valence-electron chi connectivity index (χ0n) is 14.6. The normalized spacial score (nSPS) is 21.9. The van der Waals surface area contributed by atoms with Crippen molar-refractivity contribution in [3.63, 3.8) is 0 Å². The molecule has 126 valence electrons. The number of piperazine rings is 1. The summed E-state index contributed by atoms with van der Waals surface area (Å²) in [7, 11) is 1.79. The van der Waals surface area contributed by atoms with Crippen LogP contribution in [-0.2, 0) is 4.74 Å². The molecule has 4 nitrogen and oxygen atoms in total. The van der Waals surface area contributed by atoms with Crippen LogP contribution in [-0.4, -0.2) is 75.9 Å². The van der Waals surface area contributed by atoms with Crippen LogP contribution in [0.15, 0.2) is 0 Å². The van der Waals surface area contributed by atoms with E-state index in [2.05, 4.69) is 15.1 Å². The maximum Gasteiger partial charge on any atom is 0.0589 e. The lowest BCUT2D eigenvalue weighted by molar-refractivity contribution is 0.116. The molecule has 2 rings (SSSR count). The van der Waals surface area contributed by atoms with Gasteiger partial charge in [0.15, 0.2) is 0 Å². The van der Waals surface area contributed by atoms with Gasteiger partial charge < -0.3 is 19.9 Å². The fourth-order valence-corrected chi connectivity index (χ4v) is 3.26. The fourth-order valence-electron chi connectivity index (χ4n) is 3.26. The second-order valence-corrected chi connectivity index (χ2v) is 6.01. The summed E-state index contributed by atoms with van der Waals surface area (Å²) in [5.74, 6) is 0.974. The van der Waals surface area contributed by atoms with Crippen molar-refractivity contribution >= 4 is 0 Å². The highest BCUT2D eigenvalue weighted by molar-refractivity contribution is 4.73. The zero-order chi connectivity index (χ0) is 15.3. The topological polar surface area (TPSA) is 27.7 Å². The first-order valence-corrected chi connectivity index (χ1v) is 9.03. The maximum atomic E-state index is 5.15. The van der Waals surface area contributed by atoms with Gasteiger partial charge in [-0.05, 0) is 51.2 Å². The van der Waals surface area contributed by atoms with Crippen molar-refractivity contribution in [1.29, 1.82) is 0 Å². The van der Waals surface area contributed by atoms with E-state index in [9.17, 15) is 0 Å². The molecule has 2 heterocycles. The van der Waals surface area contributed by atoms with Crippen molar-refractivity contribution in [1.82, 2.24) is 15.1 Å². The van der Waals surface area contributed by atoms with E-state index in [0.717, 1.165) is 19.1 Å². The first kappa shape index (κ1) is 18.9. The van der Waals surface area contributed by atoms with Crippen molar-refractivity contribution in [2.24, 2.45) is 5.92 Å². The first-order valence-electron chi connectivity index (χ1n) is 9.03. The standard InChI is InChI=1S/C15H31N3O.C2H6/c1-19-14-13-18-9-4-15(5-10-18)3-2-8-17-11-6-16-7-12-17;1-2/h15-16H,2-14H2,1H3;1-2H3. The Morgan fingerprint density at radius 3 is 2.19 bits per heavy atom. The number of nitrogens with one attached hydrogen (secondary N) is 1. The van der Waals surface area contributed by atoms with Crippen molar-refractivity contribution in [2.45, 2.75) is 39.5 Å². The zero-order valence-corrected chi connectivity index (χ0v) is 14.6. The summed E-state index contributed by atoms with van der Waals surface area (Å²) in [5, 5.41) is 3.42. The Hall–Kier alpha value is -0.160. The van der Waals surface area contributed by atoms with Gasteiger partial charge in [0.05, 0.1) is 6.61 Å². The van der Waals surface area contributed by atoms with Crippen molar-refractivity contribution in [3.8, 4) is 0 Å². The van der Waals surface area contributed by atoms with Gasteiger partial charge >= 0.3 is 0 Å². The Morgan fingerprint density at radius 2 is 1.57 bits per heavy atom.